The summed E-state index contributed by atoms with van der Waals surface area (Å²) in [5, 5.41) is 1.32. The number of rotatable bonds is 2. The molecule has 92 valence electrons. The molecule has 2 rings (SSSR count). The molecular formula is C15H13Cl2N. The standard InChI is InChI=1S/C15H13Cl2N/c1-9-7-13(18)8-14(17)15(9)10(2)11-3-5-12(16)6-4-11/h3-8H,2,18H2,1H3. The number of benzene rings is 2. The average Bonchev–Trinajstić information content (AvgIpc) is 2.28. The molecule has 2 aromatic rings. The maximum Gasteiger partial charge on any atom is 0.0507 e. The molecule has 2 aromatic carbocycles. The van der Waals surface area contributed by atoms with E-state index in [1.165, 1.54) is 0 Å². The number of halogens is 2. The third kappa shape index (κ3) is 2.53. The molecule has 0 saturated heterocycles. The molecule has 0 heterocycles. The van der Waals surface area contributed by atoms with Gasteiger partial charge in [-0.25, -0.2) is 0 Å². The van der Waals surface area contributed by atoms with Gasteiger partial charge in [-0.05, 0) is 47.9 Å². The molecule has 0 radical (unpaired) electrons. The molecule has 3 heteroatoms. The Kier molecular flexibility index (Phi) is 3.65. The third-order valence-corrected chi connectivity index (χ3v) is 3.35. The number of anilines is 1. The Bertz CT molecular complexity index is 577. The fourth-order valence-electron chi connectivity index (χ4n) is 1.95. The number of aryl methyl sites for hydroxylation is 1. The van der Waals surface area contributed by atoms with Crippen molar-refractivity contribution in [2.75, 3.05) is 5.73 Å². The first-order valence-corrected chi connectivity index (χ1v) is 6.25. The Morgan fingerprint density at radius 1 is 1.11 bits per heavy atom. The van der Waals surface area contributed by atoms with Gasteiger partial charge in [-0.3, -0.25) is 0 Å². The van der Waals surface area contributed by atoms with Gasteiger partial charge in [0.1, 0.15) is 0 Å². The number of nitrogens with two attached hydrogens (primary N) is 1. The summed E-state index contributed by atoms with van der Waals surface area (Å²) in [7, 11) is 0. The highest BCUT2D eigenvalue weighted by molar-refractivity contribution is 6.33. The maximum absolute atomic E-state index is 6.24. The second-order valence-electron chi connectivity index (χ2n) is 4.18. The van der Waals surface area contributed by atoms with Crippen LogP contribution in [0.1, 0.15) is 16.7 Å². The number of nitrogen functional groups attached to an aromatic ring is 1. The van der Waals surface area contributed by atoms with Crippen molar-refractivity contribution in [1.29, 1.82) is 0 Å². The van der Waals surface area contributed by atoms with Gasteiger partial charge in [0.25, 0.3) is 0 Å². The van der Waals surface area contributed by atoms with Gasteiger partial charge in [0, 0.05) is 16.3 Å². The average molecular weight is 278 g/mol. The molecule has 18 heavy (non-hydrogen) atoms. The molecule has 2 N–H and O–H groups in total. The molecule has 0 bridgehead atoms. The molecule has 0 atom stereocenters. The smallest absolute Gasteiger partial charge is 0.0507 e. The highest BCUT2D eigenvalue weighted by atomic mass is 35.5. The summed E-state index contributed by atoms with van der Waals surface area (Å²) in [4.78, 5) is 0. The summed E-state index contributed by atoms with van der Waals surface area (Å²) in [5.74, 6) is 0. The minimum absolute atomic E-state index is 0.618. The molecule has 0 aliphatic heterocycles. The van der Waals surface area contributed by atoms with E-state index in [4.69, 9.17) is 28.9 Å². The summed E-state index contributed by atoms with van der Waals surface area (Å²) < 4.78 is 0. The van der Waals surface area contributed by atoms with Crippen LogP contribution in [0.5, 0.6) is 0 Å². The van der Waals surface area contributed by atoms with E-state index in [2.05, 4.69) is 6.58 Å². The van der Waals surface area contributed by atoms with E-state index in [0.717, 1.165) is 22.3 Å². The molecule has 0 saturated carbocycles. The van der Waals surface area contributed by atoms with Crippen molar-refractivity contribution in [1.82, 2.24) is 0 Å². The molecular weight excluding hydrogens is 265 g/mol. The van der Waals surface area contributed by atoms with Gasteiger partial charge in [-0.2, -0.15) is 0 Å². The highest BCUT2D eigenvalue weighted by Crippen LogP contribution is 2.33. The van der Waals surface area contributed by atoms with Gasteiger partial charge in [-0.1, -0.05) is 41.9 Å². The summed E-state index contributed by atoms with van der Waals surface area (Å²) in [6.45, 7) is 6.08. The molecule has 0 fully saturated rings. The van der Waals surface area contributed by atoms with Crippen LogP contribution in [0.2, 0.25) is 10.0 Å². The lowest BCUT2D eigenvalue weighted by molar-refractivity contribution is 1.42. The Labute approximate surface area is 117 Å². The van der Waals surface area contributed by atoms with Gasteiger partial charge in [-0.15, -0.1) is 0 Å². The summed E-state index contributed by atoms with van der Waals surface area (Å²) >= 11 is 12.1. The first-order chi connectivity index (χ1) is 8.49. The zero-order valence-electron chi connectivity index (χ0n) is 10.0. The number of hydrogen-bond donors (Lipinski definition) is 1. The Balaban J connectivity index is 2.49. The first kappa shape index (κ1) is 13.0. The SMILES string of the molecule is C=C(c1ccc(Cl)cc1)c1c(C)cc(N)cc1Cl. The molecule has 0 aliphatic rings. The normalized spacial score (nSPS) is 10.4. The summed E-state index contributed by atoms with van der Waals surface area (Å²) in [5.41, 5.74) is 10.2. The Morgan fingerprint density at radius 3 is 2.28 bits per heavy atom. The van der Waals surface area contributed by atoms with Crippen molar-refractivity contribution in [3.05, 3.63) is 69.7 Å². The second-order valence-corrected chi connectivity index (χ2v) is 5.02. The highest BCUT2D eigenvalue weighted by Gasteiger charge is 2.10. The minimum Gasteiger partial charge on any atom is -0.399 e. The molecule has 0 unspecified atom stereocenters. The van der Waals surface area contributed by atoms with Gasteiger partial charge in [0.05, 0.1) is 5.02 Å². The predicted molar refractivity (Wildman–Crippen MR) is 80.2 cm³/mol. The van der Waals surface area contributed by atoms with Gasteiger partial charge < -0.3 is 5.73 Å². The van der Waals surface area contributed by atoms with Crippen LogP contribution in [-0.4, -0.2) is 0 Å². The van der Waals surface area contributed by atoms with E-state index in [1.807, 2.05) is 37.3 Å². The Morgan fingerprint density at radius 2 is 1.72 bits per heavy atom. The third-order valence-electron chi connectivity index (χ3n) is 2.80. The van der Waals surface area contributed by atoms with Crippen LogP contribution in [0.4, 0.5) is 5.69 Å². The lowest BCUT2D eigenvalue weighted by atomic mass is 9.95. The van der Waals surface area contributed by atoms with Crippen LogP contribution in [-0.2, 0) is 0 Å². The quantitative estimate of drug-likeness (QED) is 0.773. The second kappa shape index (κ2) is 5.05. The van der Waals surface area contributed by atoms with E-state index in [1.54, 1.807) is 6.07 Å². The van der Waals surface area contributed by atoms with Crippen LogP contribution in [0.25, 0.3) is 5.57 Å². The van der Waals surface area contributed by atoms with Crippen LogP contribution >= 0.6 is 23.2 Å². The van der Waals surface area contributed by atoms with Crippen LogP contribution in [0.3, 0.4) is 0 Å². The predicted octanol–water partition coefficient (Wildman–Crippen LogP) is 4.95. The van der Waals surface area contributed by atoms with Gasteiger partial charge >= 0.3 is 0 Å². The lowest BCUT2D eigenvalue weighted by Crippen LogP contribution is -1.94. The van der Waals surface area contributed by atoms with Crippen LogP contribution in [0, 0.1) is 6.92 Å². The van der Waals surface area contributed by atoms with Crippen molar-refractivity contribution in [2.24, 2.45) is 0 Å². The zero-order valence-corrected chi connectivity index (χ0v) is 11.5. The van der Waals surface area contributed by atoms with Crippen molar-refractivity contribution in [3.8, 4) is 0 Å². The van der Waals surface area contributed by atoms with Crippen LogP contribution < -0.4 is 5.73 Å². The van der Waals surface area contributed by atoms with E-state index in [-0.39, 0.29) is 0 Å². The molecule has 0 spiro atoms. The monoisotopic (exact) mass is 277 g/mol. The Hall–Kier alpha value is -1.44. The topological polar surface area (TPSA) is 26.0 Å². The summed E-state index contributed by atoms with van der Waals surface area (Å²) in [6.07, 6.45) is 0. The van der Waals surface area contributed by atoms with E-state index >= 15 is 0 Å². The van der Waals surface area contributed by atoms with Crippen molar-refractivity contribution in [3.63, 3.8) is 0 Å². The van der Waals surface area contributed by atoms with E-state index in [0.29, 0.717) is 15.7 Å². The largest absolute Gasteiger partial charge is 0.399 e. The van der Waals surface area contributed by atoms with Gasteiger partial charge in [0.15, 0.2) is 0 Å². The molecule has 0 aromatic heterocycles. The fourth-order valence-corrected chi connectivity index (χ4v) is 2.46. The fraction of sp³-hybridized carbons (Fsp3) is 0.0667. The van der Waals surface area contributed by atoms with E-state index < -0.39 is 0 Å². The zero-order chi connectivity index (χ0) is 13.3. The van der Waals surface area contributed by atoms with Crippen molar-refractivity contribution >= 4 is 34.5 Å². The van der Waals surface area contributed by atoms with Crippen molar-refractivity contribution in [2.45, 2.75) is 6.92 Å². The van der Waals surface area contributed by atoms with Crippen molar-refractivity contribution < 1.29 is 0 Å². The maximum atomic E-state index is 6.24. The first-order valence-electron chi connectivity index (χ1n) is 5.50. The molecule has 0 aliphatic carbocycles. The molecule has 0 amide bonds. The van der Waals surface area contributed by atoms with Gasteiger partial charge in [0.2, 0.25) is 0 Å². The molecule has 1 nitrogen and oxygen atoms in total. The van der Waals surface area contributed by atoms with Crippen LogP contribution in [0.15, 0.2) is 43.0 Å². The lowest BCUT2D eigenvalue weighted by Gasteiger charge is -2.13. The minimum atomic E-state index is 0.618. The summed E-state index contributed by atoms with van der Waals surface area (Å²) in [6, 6.07) is 11.2. The van der Waals surface area contributed by atoms with E-state index in [9.17, 15) is 0 Å². The number of hydrogen-bond acceptors (Lipinski definition) is 1.